The highest BCUT2D eigenvalue weighted by Crippen LogP contribution is 2.42. The zero-order valence-corrected chi connectivity index (χ0v) is 22.9. The zero-order valence-electron chi connectivity index (χ0n) is 22.1. The maximum atomic E-state index is 15.1. The summed E-state index contributed by atoms with van der Waals surface area (Å²) in [5.41, 5.74) is 1.93. The van der Waals surface area contributed by atoms with Crippen molar-refractivity contribution < 1.29 is 23.5 Å². The van der Waals surface area contributed by atoms with Gasteiger partial charge in [0.15, 0.2) is 0 Å². The molecule has 0 spiro atoms. The van der Waals surface area contributed by atoms with Crippen molar-refractivity contribution in [3.05, 3.63) is 106 Å². The number of nitrogens with zero attached hydrogens (tertiary/aromatic N) is 1. The fourth-order valence-electron chi connectivity index (χ4n) is 4.29. The zero-order chi connectivity index (χ0) is 28.6. The van der Waals surface area contributed by atoms with Crippen LogP contribution in [0.5, 0.6) is 11.5 Å². The number of amides is 2. The van der Waals surface area contributed by atoms with Crippen molar-refractivity contribution in [2.45, 2.75) is 12.8 Å². The number of nitriles is 1. The summed E-state index contributed by atoms with van der Waals surface area (Å²) in [7, 11) is 3.05. The molecule has 3 aromatic rings. The van der Waals surface area contributed by atoms with Gasteiger partial charge >= 0.3 is 0 Å². The second-order valence-electron chi connectivity index (χ2n) is 8.69. The van der Waals surface area contributed by atoms with Crippen LogP contribution in [0.15, 0.2) is 94.7 Å². The van der Waals surface area contributed by atoms with Gasteiger partial charge in [0.2, 0.25) is 5.91 Å². The van der Waals surface area contributed by atoms with Crippen LogP contribution in [0.2, 0.25) is 0 Å². The van der Waals surface area contributed by atoms with Crippen molar-refractivity contribution in [2.24, 2.45) is 0 Å². The molecule has 4 rings (SSSR count). The molecule has 1 aliphatic rings. The fraction of sp³-hybridized carbons (Fsp3) is 0.167. The van der Waals surface area contributed by atoms with Crippen LogP contribution in [0.3, 0.4) is 0 Å². The van der Waals surface area contributed by atoms with Crippen molar-refractivity contribution in [1.82, 2.24) is 5.32 Å². The first-order valence-corrected chi connectivity index (χ1v) is 13.2. The van der Waals surface area contributed by atoms with Gasteiger partial charge in [-0.1, -0.05) is 42.1 Å². The molecule has 1 aliphatic heterocycles. The number of dihydropyridines is 1. The normalized spacial score (nSPS) is 14.6. The van der Waals surface area contributed by atoms with Crippen molar-refractivity contribution in [3.63, 3.8) is 0 Å². The molecule has 0 radical (unpaired) electrons. The molecule has 3 N–H and O–H groups in total. The summed E-state index contributed by atoms with van der Waals surface area (Å²) >= 11 is 1.10. The van der Waals surface area contributed by atoms with Gasteiger partial charge in [-0.3, -0.25) is 9.59 Å². The SMILES string of the molecule is COc1ccc(NC(=O)CSC2=C(C#N)C(c3ccccc3F)C(C(=O)Nc3ccccc3OC)=C(C)N2)cc1. The molecule has 0 saturated heterocycles. The molecule has 0 aromatic heterocycles. The quantitative estimate of drug-likeness (QED) is 0.316. The predicted octanol–water partition coefficient (Wildman–Crippen LogP) is 5.55. The van der Waals surface area contributed by atoms with Crippen molar-refractivity contribution in [2.75, 3.05) is 30.6 Å². The lowest BCUT2D eigenvalue weighted by Gasteiger charge is -2.30. The Morgan fingerprint density at radius 2 is 1.70 bits per heavy atom. The Hall–Kier alpha value is -4.75. The topological polar surface area (TPSA) is 112 Å². The smallest absolute Gasteiger partial charge is 0.254 e. The van der Waals surface area contributed by atoms with E-state index in [0.717, 1.165) is 11.8 Å². The lowest BCUT2D eigenvalue weighted by molar-refractivity contribution is -0.114. The standard InChI is InChI=1S/C30H27FN4O4S/c1-18-27(29(37)35-24-10-6-7-11-25(24)39-3)28(21-8-4-5-9-23(21)31)22(16-32)30(33-18)40-17-26(36)34-19-12-14-20(38-2)15-13-19/h4-15,28,33H,17H2,1-3H3,(H,34,36)(H,35,37). The van der Waals surface area contributed by atoms with Gasteiger partial charge < -0.3 is 25.4 Å². The number of carbonyl (C=O) groups is 2. The summed E-state index contributed by atoms with van der Waals surface area (Å²) < 4.78 is 25.6. The average Bonchev–Trinajstić information content (AvgIpc) is 2.96. The Morgan fingerprint density at radius 3 is 2.38 bits per heavy atom. The van der Waals surface area contributed by atoms with Crippen LogP contribution in [-0.2, 0) is 9.59 Å². The average molecular weight is 559 g/mol. The highest BCUT2D eigenvalue weighted by molar-refractivity contribution is 8.03. The Labute approximate surface area is 235 Å². The number of allylic oxidation sites excluding steroid dienone is 2. The van der Waals surface area contributed by atoms with Crippen LogP contribution >= 0.6 is 11.8 Å². The lowest BCUT2D eigenvalue weighted by atomic mass is 9.82. The number of benzene rings is 3. The van der Waals surface area contributed by atoms with Crippen LogP contribution < -0.4 is 25.4 Å². The Balaban J connectivity index is 1.63. The van der Waals surface area contributed by atoms with Gasteiger partial charge in [-0.2, -0.15) is 5.26 Å². The van der Waals surface area contributed by atoms with Gasteiger partial charge in [0.05, 0.1) is 48.2 Å². The van der Waals surface area contributed by atoms with Crippen LogP contribution in [0.1, 0.15) is 18.4 Å². The van der Waals surface area contributed by atoms with E-state index >= 15 is 4.39 Å². The monoisotopic (exact) mass is 558 g/mol. The second kappa shape index (κ2) is 12.9. The first kappa shape index (κ1) is 28.3. The third-order valence-corrected chi connectivity index (χ3v) is 7.20. The summed E-state index contributed by atoms with van der Waals surface area (Å²) in [5, 5.41) is 19.3. The van der Waals surface area contributed by atoms with E-state index in [0.29, 0.717) is 33.6 Å². The molecule has 3 aromatic carbocycles. The summed E-state index contributed by atoms with van der Waals surface area (Å²) in [6.07, 6.45) is 0. The van der Waals surface area contributed by atoms with Gasteiger partial charge in [0.25, 0.3) is 5.91 Å². The number of nitrogens with one attached hydrogen (secondary N) is 3. The molecule has 0 fully saturated rings. The third kappa shape index (κ3) is 6.27. The first-order chi connectivity index (χ1) is 19.4. The minimum Gasteiger partial charge on any atom is -0.497 e. The molecular formula is C30H27FN4O4S. The minimum atomic E-state index is -1.01. The van der Waals surface area contributed by atoms with E-state index in [1.54, 1.807) is 80.8 Å². The highest BCUT2D eigenvalue weighted by Gasteiger charge is 2.36. The third-order valence-electron chi connectivity index (χ3n) is 6.18. The second-order valence-corrected chi connectivity index (χ2v) is 9.68. The summed E-state index contributed by atoms with van der Waals surface area (Å²) in [6.45, 7) is 1.68. The largest absolute Gasteiger partial charge is 0.497 e. The van der Waals surface area contributed by atoms with Gasteiger partial charge in [-0.05, 0) is 49.4 Å². The highest BCUT2D eigenvalue weighted by atomic mass is 32.2. The molecule has 0 saturated carbocycles. The molecule has 2 amide bonds. The molecular weight excluding hydrogens is 531 g/mol. The Morgan fingerprint density at radius 1 is 1.00 bits per heavy atom. The molecule has 10 heteroatoms. The van der Waals surface area contributed by atoms with Crippen LogP contribution in [0.4, 0.5) is 15.8 Å². The van der Waals surface area contributed by atoms with E-state index in [9.17, 15) is 14.9 Å². The number of halogens is 1. The number of carbonyl (C=O) groups excluding carboxylic acids is 2. The molecule has 1 unspecified atom stereocenters. The van der Waals surface area contributed by atoms with Crippen molar-refractivity contribution >= 4 is 35.0 Å². The molecule has 40 heavy (non-hydrogen) atoms. The number of para-hydroxylation sites is 2. The van der Waals surface area contributed by atoms with Crippen molar-refractivity contribution in [3.8, 4) is 17.6 Å². The van der Waals surface area contributed by atoms with Crippen molar-refractivity contribution in [1.29, 1.82) is 5.26 Å². The van der Waals surface area contributed by atoms with E-state index in [1.807, 2.05) is 0 Å². The summed E-state index contributed by atoms with van der Waals surface area (Å²) in [6, 6.07) is 22.0. The van der Waals surface area contributed by atoms with Crippen LogP contribution in [-0.4, -0.2) is 31.8 Å². The number of thioether (sulfide) groups is 1. The maximum Gasteiger partial charge on any atom is 0.254 e. The molecule has 1 atom stereocenters. The van der Waals surface area contributed by atoms with Gasteiger partial charge in [-0.15, -0.1) is 0 Å². The molecule has 1 heterocycles. The molecule has 0 aliphatic carbocycles. The molecule has 8 nitrogen and oxygen atoms in total. The fourth-order valence-corrected chi connectivity index (χ4v) is 5.19. The van der Waals surface area contributed by atoms with Gasteiger partial charge in [0, 0.05) is 22.5 Å². The van der Waals surface area contributed by atoms with Crippen LogP contribution in [0.25, 0.3) is 0 Å². The summed E-state index contributed by atoms with van der Waals surface area (Å²) in [4.78, 5) is 26.3. The van der Waals surface area contributed by atoms with Crippen LogP contribution in [0, 0.1) is 17.1 Å². The van der Waals surface area contributed by atoms with E-state index in [2.05, 4.69) is 22.0 Å². The first-order valence-electron chi connectivity index (χ1n) is 12.2. The van der Waals surface area contributed by atoms with E-state index in [-0.39, 0.29) is 28.4 Å². The Kier molecular flexibility index (Phi) is 9.09. The minimum absolute atomic E-state index is 0.0282. The number of hydrogen-bond acceptors (Lipinski definition) is 7. The van der Waals surface area contributed by atoms with E-state index in [4.69, 9.17) is 9.47 Å². The lowest BCUT2D eigenvalue weighted by Crippen LogP contribution is -2.31. The number of ether oxygens (including phenoxy) is 2. The number of hydrogen-bond donors (Lipinski definition) is 3. The van der Waals surface area contributed by atoms with Gasteiger partial charge in [0.1, 0.15) is 17.3 Å². The Bertz CT molecular complexity index is 1530. The number of methoxy groups -OCH3 is 2. The van der Waals surface area contributed by atoms with E-state index < -0.39 is 17.6 Å². The van der Waals surface area contributed by atoms with E-state index in [1.165, 1.54) is 13.2 Å². The number of rotatable bonds is 9. The molecule has 204 valence electrons. The predicted molar refractivity (Wildman–Crippen MR) is 153 cm³/mol. The molecule has 0 bridgehead atoms. The summed E-state index contributed by atoms with van der Waals surface area (Å²) in [5.74, 6) is -1.29. The number of anilines is 2. The van der Waals surface area contributed by atoms with Gasteiger partial charge in [-0.25, -0.2) is 4.39 Å². The maximum absolute atomic E-state index is 15.1.